The molecule has 2 nitrogen and oxygen atoms in total. The van der Waals surface area contributed by atoms with Gasteiger partial charge in [-0.05, 0) is 6.42 Å². The third kappa shape index (κ3) is 270. The summed E-state index contributed by atoms with van der Waals surface area (Å²) in [4.78, 5) is 0. The van der Waals surface area contributed by atoms with Gasteiger partial charge in [-0.2, -0.15) is 0 Å². The fourth-order valence-electron chi connectivity index (χ4n) is 0. The quantitative estimate of drug-likeness (QED) is 0.488. The molecule has 0 amide bonds. The van der Waals surface area contributed by atoms with E-state index in [9.17, 15) is 0 Å². The molecule has 0 aromatic heterocycles. The molecule has 0 atom stereocenters. The lowest BCUT2D eigenvalue weighted by molar-refractivity contribution is 0.295. The molecule has 0 fully saturated rings. The van der Waals surface area contributed by atoms with Crippen LogP contribution in [-0.2, 0) is 0 Å². The highest BCUT2D eigenvalue weighted by Gasteiger charge is 1.57. The van der Waals surface area contributed by atoms with Crippen molar-refractivity contribution in [3.63, 3.8) is 0 Å². The van der Waals surface area contributed by atoms with Gasteiger partial charge in [-0.1, -0.05) is 13.5 Å². The summed E-state index contributed by atoms with van der Waals surface area (Å²) in [7, 11) is 0. The van der Waals surface area contributed by atoms with Gasteiger partial charge in [0.15, 0.2) is 0 Å². The van der Waals surface area contributed by atoms with Gasteiger partial charge >= 0.3 is 0 Å². The van der Waals surface area contributed by atoms with Gasteiger partial charge in [-0.3, -0.25) is 0 Å². The summed E-state index contributed by atoms with van der Waals surface area (Å²) < 4.78 is 0. The minimum absolute atomic E-state index is 0.319. The van der Waals surface area contributed by atoms with E-state index in [0.717, 1.165) is 12.7 Å². The van der Waals surface area contributed by atoms with Crippen molar-refractivity contribution in [2.75, 3.05) is 6.61 Å². The smallest absolute Gasteiger partial charge is 0.0719 e. The van der Waals surface area contributed by atoms with Crippen molar-refractivity contribution >= 4 is 0 Å². The van der Waals surface area contributed by atoms with Crippen molar-refractivity contribution in [2.45, 2.75) is 13.3 Å². The van der Waals surface area contributed by atoms with E-state index in [1.54, 1.807) is 0 Å². The van der Waals surface area contributed by atoms with Gasteiger partial charge in [0.25, 0.3) is 0 Å². The summed E-state index contributed by atoms with van der Waals surface area (Å²) in [5, 5.41) is 15.2. The van der Waals surface area contributed by atoms with Crippen molar-refractivity contribution < 1.29 is 10.2 Å². The largest absolute Gasteiger partial charge is 0.516 e. The first kappa shape index (κ1) is 9.71. The predicted molar refractivity (Wildman–Crippen MR) is 30.2 cm³/mol. The second-order valence-electron chi connectivity index (χ2n) is 0.906. The second kappa shape index (κ2) is 17.8. The van der Waals surface area contributed by atoms with Crippen molar-refractivity contribution in [1.29, 1.82) is 0 Å². The Hall–Kier alpha value is -0.500. The van der Waals surface area contributed by atoms with E-state index < -0.39 is 0 Å². The molecule has 2 heteroatoms. The van der Waals surface area contributed by atoms with Crippen molar-refractivity contribution in [2.24, 2.45) is 0 Å². The van der Waals surface area contributed by atoms with E-state index in [2.05, 4.69) is 6.58 Å². The summed E-state index contributed by atoms with van der Waals surface area (Å²) in [5.74, 6) is 0. The van der Waals surface area contributed by atoms with Gasteiger partial charge in [-0.15, -0.1) is 0 Å². The lowest BCUT2D eigenvalue weighted by Crippen LogP contribution is -1.69. The monoisotopic (exact) mass is 104 g/mol. The molecule has 0 spiro atoms. The second-order valence-corrected chi connectivity index (χ2v) is 0.906. The van der Waals surface area contributed by atoms with Crippen LogP contribution in [0.5, 0.6) is 0 Å². The van der Waals surface area contributed by atoms with Crippen LogP contribution in [0.15, 0.2) is 12.8 Å². The number of hydrogen-bond donors (Lipinski definition) is 2. The average molecular weight is 104 g/mol. The number of aliphatic hydroxyl groups is 2. The first-order chi connectivity index (χ1) is 3.33. The molecule has 0 saturated carbocycles. The summed E-state index contributed by atoms with van der Waals surface area (Å²) in [6.45, 7) is 5.17. The molecular weight excluding hydrogens is 92.1 g/mol. The Morgan fingerprint density at radius 3 is 1.86 bits per heavy atom. The number of hydrogen-bond acceptors (Lipinski definition) is 2. The molecule has 0 bridgehead atoms. The first-order valence-corrected chi connectivity index (χ1v) is 2.19. The van der Waals surface area contributed by atoms with Crippen LogP contribution in [-0.4, -0.2) is 16.8 Å². The topological polar surface area (TPSA) is 40.5 Å². The van der Waals surface area contributed by atoms with E-state index in [0.29, 0.717) is 6.61 Å². The summed E-state index contributed by atoms with van der Waals surface area (Å²) in [6.07, 6.45) is 1.62. The highest BCUT2D eigenvalue weighted by molar-refractivity contribution is 4.38. The summed E-state index contributed by atoms with van der Waals surface area (Å²) in [6, 6.07) is 0. The minimum atomic E-state index is 0.319. The molecular formula is C5H12O2. The zero-order valence-electron chi connectivity index (χ0n) is 4.59. The van der Waals surface area contributed by atoms with E-state index in [1.165, 1.54) is 0 Å². The molecule has 44 valence electrons. The molecule has 0 saturated heterocycles. The standard InChI is InChI=1S/C3H8O.C2H4O/c1-2-3-4;1-2-3/h4H,2-3H2,1H3;2-3H,1H2. The van der Waals surface area contributed by atoms with Crippen LogP contribution >= 0.6 is 0 Å². The highest BCUT2D eigenvalue weighted by atomic mass is 16.3. The Labute approximate surface area is 44.1 Å². The van der Waals surface area contributed by atoms with Crippen LogP contribution in [0.1, 0.15) is 13.3 Å². The van der Waals surface area contributed by atoms with Crippen molar-refractivity contribution in [1.82, 2.24) is 0 Å². The molecule has 0 aromatic rings. The minimum Gasteiger partial charge on any atom is -0.516 e. The maximum atomic E-state index is 7.88. The van der Waals surface area contributed by atoms with Gasteiger partial charge in [0.2, 0.25) is 0 Å². The van der Waals surface area contributed by atoms with Gasteiger partial charge < -0.3 is 10.2 Å². The maximum Gasteiger partial charge on any atom is 0.0719 e. The highest BCUT2D eigenvalue weighted by Crippen LogP contribution is 1.61. The van der Waals surface area contributed by atoms with Gasteiger partial charge in [0, 0.05) is 6.61 Å². The fraction of sp³-hybridized carbons (Fsp3) is 0.600. The zero-order chi connectivity index (χ0) is 6.12. The number of aliphatic hydroxyl groups excluding tert-OH is 2. The third-order valence-electron chi connectivity index (χ3n) is 0.224. The van der Waals surface area contributed by atoms with Crippen LogP contribution in [0.25, 0.3) is 0 Å². The van der Waals surface area contributed by atoms with Crippen LogP contribution in [0.3, 0.4) is 0 Å². The Bertz CT molecular complexity index is 25.3. The Morgan fingerprint density at radius 1 is 1.71 bits per heavy atom. The molecule has 0 heterocycles. The third-order valence-corrected chi connectivity index (χ3v) is 0.224. The Balaban J connectivity index is 0. The maximum absolute atomic E-state index is 7.88. The van der Waals surface area contributed by atoms with Gasteiger partial charge in [0.1, 0.15) is 0 Å². The lowest BCUT2D eigenvalue weighted by Gasteiger charge is -1.69. The summed E-state index contributed by atoms with van der Waals surface area (Å²) in [5.41, 5.74) is 0. The fourth-order valence-corrected chi connectivity index (χ4v) is 0. The van der Waals surface area contributed by atoms with E-state index >= 15 is 0 Å². The SMILES string of the molecule is C=CO.CCCO. The first-order valence-electron chi connectivity index (χ1n) is 2.19. The van der Waals surface area contributed by atoms with E-state index in [-0.39, 0.29) is 0 Å². The zero-order valence-corrected chi connectivity index (χ0v) is 4.59. The van der Waals surface area contributed by atoms with Crippen LogP contribution in [0.2, 0.25) is 0 Å². The molecule has 0 aromatic carbocycles. The Morgan fingerprint density at radius 2 is 1.86 bits per heavy atom. The normalized spacial score (nSPS) is 6.00. The van der Waals surface area contributed by atoms with E-state index in [1.807, 2.05) is 6.92 Å². The Kier molecular flexibility index (Phi) is 24.7. The van der Waals surface area contributed by atoms with Crippen LogP contribution < -0.4 is 0 Å². The van der Waals surface area contributed by atoms with E-state index in [4.69, 9.17) is 10.2 Å². The molecule has 2 N–H and O–H groups in total. The molecule has 0 unspecified atom stereocenters. The summed E-state index contributed by atoms with van der Waals surface area (Å²) >= 11 is 0. The van der Waals surface area contributed by atoms with Crippen LogP contribution in [0.4, 0.5) is 0 Å². The van der Waals surface area contributed by atoms with Crippen molar-refractivity contribution in [3.05, 3.63) is 12.8 Å². The van der Waals surface area contributed by atoms with Gasteiger partial charge in [0.05, 0.1) is 6.26 Å². The molecule has 0 rings (SSSR count). The molecule has 0 radical (unpaired) electrons. The molecule has 0 aliphatic rings. The molecule has 0 aliphatic carbocycles. The molecule has 0 aliphatic heterocycles. The predicted octanol–water partition coefficient (Wildman–Crippen LogP) is 1.08. The van der Waals surface area contributed by atoms with Gasteiger partial charge in [-0.25, -0.2) is 0 Å². The molecule has 7 heavy (non-hydrogen) atoms. The lowest BCUT2D eigenvalue weighted by atomic mass is 10.5. The number of rotatable bonds is 1. The van der Waals surface area contributed by atoms with Crippen LogP contribution in [0, 0.1) is 0 Å². The average Bonchev–Trinajstić information content (AvgIpc) is 1.69. The van der Waals surface area contributed by atoms with Crippen molar-refractivity contribution in [3.8, 4) is 0 Å².